The fourth-order valence-corrected chi connectivity index (χ4v) is 2.08. The maximum absolute atomic E-state index is 11.0. The molecule has 0 aliphatic rings. The predicted molar refractivity (Wildman–Crippen MR) is 73.4 cm³/mol. The highest BCUT2D eigenvalue weighted by molar-refractivity contribution is 8.05. The SMILES string of the molecule is C/C=C(\S/C=C(\N)C(C)=O)N(CC)CCOC. The molecule has 98 valence electrons. The molecule has 0 aromatic carbocycles. The Morgan fingerprint density at radius 3 is 2.59 bits per heavy atom. The third-order valence-electron chi connectivity index (χ3n) is 2.22. The first-order valence-electron chi connectivity index (χ1n) is 5.60. The van der Waals surface area contributed by atoms with Crippen LogP contribution < -0.4 is 5.73 Å². The lowest BCUT2D eigenvalue weighted by Gasteiger charge is -2.24. The lowest BCUT2D eigenvalue weighted by Crippen LogP contribution is -2.25. The first-order chi connectivity index (χ1) is 8.06. The van der Waals surface area contributed by atoms with Crippen LogP contribution >= 0.6 is 11.8 Å². The van der Waals surface area contributed by atoms with Crippen LogP contribution in [0.3, 0.4) is 0 Å². The van der Waals surface area contributed by atoms with Crippen LogP contribution in [0.5, 0.6) is 0 Å². The van der Waals surface area contributed by atoms with Crippen LogP contribution in [0.4, 0.5) is 0 Å². The van der Waals surface area contributed by atoms with Crippen LogP contribution in [-0.4, -0.2) is 37.5 Å². The van der Waals surface area contributed by atoms with Crippen molar-refractivity contribution in [2.45, 2.75) is 20.8 Å². The van der Waals surface area contributed by atoms with Crippen molar-refractivity contribution in [3.05, 3.63) is 22.2 Å². The van der Waals surface area contributed by atoms with E-state index in [1.54, 1.807) is 12.5 Å². The number of nitrogens with two attached hydrogens (primary N) is 1. The number of ketones is 1. The summed E-state index contributed by atoms with van der Waals surface area (Å²) in [6, 6.07) is 0. The summed E-state index contributed by atoms with van der Waals surface area (Å²) >= 11 is 1.46. The van der Waals surface area contributed by atoms with Crippen molar-refractivity contribution >= 4 is 17.5 Å². The summed E-state index contributed by atoms with van der Waals surface area (Å²) in [5.41, 5.74) is 5.87. The smallest absolute Gasteiger partial charge is 0.175 e. The van der Waals surface area contributed by atoms with Crippen LogP contribution in [0.15, 0.2) is 22.2 Å². The Kier molecular flexibility index (Phi) is 8.62. The van der Waals surface area contributed by atoms with E-state index in [0.717, 1.165) is 18.1 Å². The van der Waals surface area contributed by atoms with Crippen molar-refractivity contribution < 1.29 is 9.53 Å². The average molecular weight is 258 g/mol. The molecule has 0 heterocycles. The second kappa shape index (κ2) is 9.13. The molecule has 5 heteroatoms. The minimum absolute atomic E-state index is 0.104. The van der Waals surface area contributed by atoms with Gasteiger partial charge in [0.1, 0.15) is 0 Å². The van der Waals surface area contributed by atoms with Crippen LogP contribution in [0.1, 0.15) is 20.8 Å². The van der Waals surface area contributed by atoms with Crippen LogP contribution in [-0.2, 0) is 9.53 Å². The van der Waals surface area contributed by atoms with Gasteiger partial charge in [0.15, 0.2) is 5.78 Å². The Morgan fingerprint density at radius 2 is 2.18 bits per heavy atom. The summed E-state index contributed by atoms with van der Waals surface area (Å²) in [5, 5.41) is 2.77. The van der Waals surface area contributed by atoms with E-state index in [2.05, 4.69) is 11.8 Å². The number of likely N-dealkylation sites (N-methyl/N-ethyl adjacent to an activating group) is 1. The molecular formula is C12H22N2O2S. The number of hydrogen-bond acceptors (Lipinski definition) is 5. The molecule has 0 bridgehead atoms. The van der Waals surface area contributed by atoms with E-state index in [9.17, 15) is 4.79 Å². The predicted octanol–water partition coefficient (Wildman–Crippen LogP) is 1.94. The van der Waals surface area contributed by atoms with Gasteiger partial charge < -0.3 is 15.4 Å². The molecule has 0 radical (unpaired) electrons. The van der Waals surface area contributed by atoms with Gasteiger partial charge in [-0.3, -0.25) is 4.79 Å². The molecule has 0 unspecified atom stereocenters. The standard InChI is InChI=1S/C12H22N2O2S/c1-5-12(14(6-2)7-8-16-4)17-9-11(13)10(3)15/h5,9H,6-8,13H2,1-4H3/b11-9-,12-5-. The zero-order valence-corrected chi connectivity index (χ0v) is 11.8. The van der Waals surface area contributed by atoms with E-state index in [-0.39, 0.29) is 11.5 Å². The summed E-state index contributed by atoms with van der Waals surface area (Å²) in [4.78, 5) is 13.2. The number of nitrogens with zero attached hydrogens (tertiary/aromatic N) is 1. The zero-order chi connectivity index (χ0) is 13.3. The van der Waals surface area contributed by atoms with Crippen molar-refractivity contribution in [3.63, 3.8) is 0 Å². The second-order valence-corrected chi connectivity index (χ2v) is 4.34. The first-order valence-corrected chi connectivity index (χ1v) is 6.48. The molecule has 17 heavy (non-hydrogen) atoms. The minimum Gasteiger partial charge on any atom is -0.395 e. The quantitative estimate of drug-likeness (QED) is 0.674. The van der Waals surface area contributed by atoms with Gasteiger partial charge in [0, 0.05) is 32.5 Å². The number of methoxy groups -OCH3 is 1. The first kappa shape index (κ1) is 16.1. The van der Waals surface area contributed by atoms with Crippen molar-refractivity contribution in [1.29, 1.82) is 0 Å². The highest BCUT2D eigenvalue weighted by Gasteiger charge is 2.07. The Bertz CT molecular complexity index is 301. The number of thioether (sulfide) groups is 1. The van der Waals surface area contributed by atoms with Gasteiger partial charge in [-0.25, -0.2) is 0 Å². The number of Topliss-reactive ketones (excluding diaryl/α,β-unsaturated/α-hetero) is 1. The maximum atomic E-state index is 11.0. The molecular weight excluding hydrogens is 236 g/mol. The van der Waals surface area contributed by atoms with Crippen LogP contribution in [0.25, 0.3) is 0 Å². The molecule has 0 amide bonds. The summed E-state index contributed by atoms with van der Waals surface area (Å²) in [5.74, 6) is -0.104. The molecule has 0 aromatic heterocycles. The Morgan fingerprint density at radius 1 is 1.53 bits per heavy atom. The fourth-order valence-electron chi connectivity index (χ4n) is 1.16. The Labute approximate surface area is 108 Å². The topological polar surface area (TPSA) is 55.6 Å². The van der Waals surface area contributed by atoms with Gasteiger partial charge in [-0.1, -0.05) is 17.8 Å². The molecule has 0 saturated heterocycles. The van der Waals surface area contributed by atoms with Crippen LogP contribution in [0.2, 0.25) is 0 Å². The summed E-state index contributed by atoms with van der Waals surface area (Å²) in [6.07, 6.45) is 2.01. The van der Waals surface area contributed by atoms with E-state index in [1.165, 1.54) is 18.7 Å². The molecule has 0 atom stereocenters. The van der Waals surface area contributed by atoms with Gasteiger partial charge in [-0.2, -0.15) is 0 Å². The molecule has 0 rings (SSSR count). The highest BCUT2D eigenvalue weighted by atomic mass is 32.2. The van der Waals surface area contributed by atoms with E-state index in [1.807, 2.05) is 13.0 Å². The minimum atomic E-state index is -0.104. The van der Waals surface area contributed by atoms with Crippen molar-refractivity contribution in [3.8, 4) is 0 Å². The number of rotatable bonds is 8. The number of carbonyl (C=O) groups is 1. The van der Waals surface area contributed by atoms with Gasteiger partial charge in [-0.15, -0.1) is 0 Å². The zero-order valence-electron chi connectivity index (χ0n) is 11.0. The van der Waals surface area contributed by atoms with Gasteiger partial charge in [0.25, 0.3) is 0 Å². The largest absolute Gasteiger partial charge is 0.395 e. The monoisotopic (exact) mass is 258 g/mol. The van der Waals surface area contributed by atoms with Crippen LogP contribution in [0, 0.1) is 0 Å². The molecule has 2 N–H and O–H groups in total. The lowest BCUT2D eigenvalue weighted by molar-refractivity contribution is -0.113. The Hall–Kier alpha value is -0.940. The van der Waals surface area contributed by atoms with E-state index in [4.69, 9.17) is 10.5 Å². The highest BCUT2D eigenvalue weighted by Crippen LogP contribution is 2.22. The summed E-state index contributed by atoms with van der Waals surface area (Å²) in [6.45, 7) is 7.91. The Balaban J connectivity index is 4.50. The molecule has 0 aliphatic heterocycles. The molecule has 0 spiro atoms. The lowest BCUT2D eigenvalue weighted by atomic mass is 10.4. The van der Waals surface area contributed by atoms with E-state index < -0.39 is 0 Å². The third kappa shape index (κ3) is 6.38. The number of carbonyl (C=O) groups excluding carboxylic acids is 1. The number of allylic oxidation sites excluding steroid dienone is 2. The average Bonchev–Trinajstić information content (AvgIpc) is 2.32. The van der Waals surface area contributed by atoms with E-state index in [0.29, 0.717) is 6.61 Å². The van der Waals surface area contributed by atoms with Gasteiger partial charge in [-0.05, 0) is 13.8 Å². The molecule has 0 fully saturated rings. The fraction of sp³-hybridized carbons (Fsp3) is 0.583. The number of hydrogen-bond donors (Lipinski definition) is 1. The van der Waals surface area contributed by atoms with Gasteiger partial charge in [0.05, 0.1) is 17.3 Å². The molecule has 0 saturated carbocycles. The normalized spacial score (nSPS) is 12.7. The van der Waals surface area contributed by atoms with Crippen molar-refractivity contribution in [1.82, 2.24) is 4.90 Å². The molecule has 0 aliphatic carbocycles. The van der Waals surface area contributed by atoms with Crippen molar-refractivity contribution in [2.24, 2.45) is 5.73 Å². The molecule has 0 aromatic rings. The summed E-state index contributed by atoms with van der Waals surface area (Å²) in [7, 11) is 1.68. The van der Waals surface area contributed by atoms with Gasteiger partial charge >= 0.3 is 0 Å². The number of ether oxygens (including phenoxy) is 1. The van der Waals surface area contributed by atoms with E-state index >= 15 is 0 Å². The summed E-state index contributed by atoms with van der Waals surface area (Å²) < 4.78 is 5.06. The second-order valence-electron chi connectivity index (χ2n) is 3.45. The maximum Gasteiger partial charge on any atom is 0.175 e. The van der Waals surface area contributed by atoms with Crippen molar-refractivity contribution in [2.75, 3.05) is 26.8 Å². The third-order valence-corrected chi connectivity index (χ3v) is 3.33. The molecule has 4 nitrogen and oxygen atoms in total. The van der Waals surface area contributed by atoms with Gasteiger partial charge in [0.2, 0.25) is 0 Å².